The maximum absolute atomic E-state index is 10.9. The van der Waals surface area contributed by atoms with E-state index in [9.17, 15) is 4.79 Å². The Morgan fingerprint density at radius 1 is 1.61 bits per heavy atom. The first-order chi connectivity index (χ1) is 8.50. The van der Waals surface area contributed by atoms with Crippen molar-refractivity contribution in [2.24, 2.45) is 0 Å². The molecule has 0 fully saturated rings. The average molecular weight is 266 g/mol. The summed E-state index contributed by atoms with van der Waals surface area (Å²) in [5, 5.41) is 15.1. The number of rotatable bonds is 5. The normalized spacial score (nSPS) is 11.7. The van der Waals surface area contributed by atoms with Crippen LogP contribution in [0.25, 0.3) is 0 Å². The number of aromatic carboxylic acids is 1. The molecule has 0 aliphatic rings. The molecule has 0 atom stereocenters. The van der Waals surface area contributed by atoms with Crippen LogP contribution in [0.15, 0.2) is 28.3 Å². The minimum atomic E-state index is -1.05. The van der Waals surface area contributed by atoms with Crippen LogP contribution in [0, 0.1) is 0 Å². The molecule has 0 aromatic carbocycles. The fourth-order valence-electron chi connectivity index (χ4n) is 1.59. The van der Waals surface area contributed by atoms with Crippen molar-refractivity contribution >= 4 is 17.3 Å². The highest BCUT2D eigenvalue weighted by Gasteiger charge is 2.24. The summed E-state index contributed by atoms with van der Waals surface area (Å²) in [6, 6.07) is 1.66. The van der Waals surface area contributed by atoms with Crippen molar-refractivity contribution in [3.05, 3.63) is 40.2 Å². The van der Waals surface area contributed by atoms with Gasteiger partial charge in [0.15, 0.2) is 0 Å². The molecule has 18 heavy (non-hydrogen) atoms. The second-order valence-corrected chi connectivity index (χ2v) is 5.29. The first-order valence-electron chi connectivity index (χ1n) is 5.45. The van der Waals surface area contributed by atoms with Crippen LogP contribution in [0.5, 0.6) is 0 Å². The van der Waals surface area contributed by atoms with E-state index in [1.807, 2.05) is 19.2 Å². The zero-order valence-electron chi connectivity index (χ0n) is 10.1. The lowest BCUT2D eigenvalue weighted by Crippen LogP contribution is -2.36. The van der Waals surface area contributed by atoms with Gasteiger partial charge in [0.25, 0.3) is 0 Å². The van der Waals surface area contributed by atoms with Crippen molar-refractivity contribution in [1.82, 2.24) is 10.3 Å². The van der Waals surface area contributed by atoms with Gasteiger partial charge >= 0.3 is 5.97 Å². The van der Waals surface area contributed by atoms with E-state index in [1.54, 1.807) is 23.6 Å². The van der Waals surface area contributed by atoms with Gasteiger partial charge in [-0.3, -0.25) is 0 Å². The molecule has 2 heterocycles. The summed E-state index contributed by atoms with van der Waals surface area (Å²) in [5.74, 6) is -1.07. The monoisotopic (exact) mass is 266 g/mol. The number of carboxylic acids is 1. The third-order valence-corrected chi connectivity index (χ3v) is 3.73. The van der Waals surface area contributed by atoms with E-state index in [2.05, 4.69) is 10.3 Å². The van der Waals surface area contributed by atoms with Gasteiger partial charge in [0.05, 0.1) is 11.8 Å². The molecular formula is C12H14N2O3S. The largest absolute Gasteiger partial charge is 0.475 e. The number of carbonyl (C=O) groups is 1. The Balaban J connectivity index is 2.08. The standard InChI is InChI=1S/C12H14N2O3S/c1-12(2,11-13-4-6-18-11)14-7-8-3-5-17-9(8)10(15)16/h3-6,14H,7H2,1-2H3,(H,15,16). The third kappa shape index (κ3) is 2.60. The second kappa shape index (κ2) is 4.91. The lowest BCUT2D eigenvalue weighted by atomic mass is 10.1. The molecule has 0 saturated carbocycles. The zero-order valence-corrected chi connectivity index (χ0v) is 11.0. The Kier molecular flexibility index (Phi) is 3.49. The van der Waals surface area contributed by atoms with E-state index in [4.69, 9.17) is 9.52 Å². The van der Waals surface area contributed by atoms with Gasteiger partial charge in [-0.2, -0.15) is 0 Å². The number of thiazole rings is 1. The Morgan fingerprint density at radius 3 is 3.00 bits per heavy atom. The molecule has 0 spiro atoms. The molecule has 2 aromatic heterocycles. The summed E-state index contributed by atoms with van der Waals surface area (Å²) < 4.78 is 4.93. The average Bonchev–Trinajstić information content (AvgIpc) is 2.97. The predicted octanol–water partition coefficient (Wildman–Crippen LogP) is 2.46. The lowest BCUT2D eigenvalue weighted by Gasteiger charge is -2.23. The highest BCUT2D eigenvalue weighted by Crippen LogP contribution is 2.23. The van der Waals surface area contributed by atoms with E-state index in [0.29, 0.717) is 12.1 Å². The van der Waals surface area contributed by atoms with Gasteiger partial charge in [0, 0.05) is 23.7 Å². The topological polar surface area (TPSA) is 75.4 Å². The van der Waals surface area contributed by atoms with Gasteiger partial charge in [0.2, 0.25) is 5.76 Å². The van der Waals surface area contributed by atoms with Crippen molar-refractivity contribution in [2.75, 3.05) is 0 Å². The molecule has 0 aliphatic carbocycles. The summed E-state index contributed by atoms with van der Waals surface area (Å²) >= 11 is 1.56. The Morgan fingerprint density at radius 2 is 2.39 bits per heavy atom. The molecule has 5 nitrogen and oxygen atoms in total. The molecule has 2 N–H and O–H groups in total. The number of carboxylic acid groups (broad SMARTS) is 1. The van der Waals surface area contributed by atoms with Crippen LogP contribution in [0.4, 0.5) is 0 Å². The molecular weight excluding hydrogens is 252 g/mol. The number of furan rings is 1. The first-order valence-corrected chi connectivity index (χ1v) is 6.33. The Hall–Kier alpha value is -1.66. The fourth-order valence-corrected chi connectivity index (χ4v) is 2.33. The molecule has 0 unspecified atom stereocenters. The number of hydrogen-bond donors (Lipinski definition) is 2. The molecule has 0 aliphatic heterocycles. The summed E-state index contributed by atoms with van der Waals surface area (Å²) in [6.07, 6.45) is 3.14. The van der Waals surface area contributed by atoms with E-state index in [0.717, 1.165) is 5.01 Å². The van der Waals surface area contributed by atoms with Crippen molar-refractivity contribution in [3.63, 3.8) is 0 Å². The molecule has 0 amide bonds. The number of hydrogen-bond acceptors (Lipinski definition) is 5. The number of nitrogens with one attached hydrogen (secondary N) is 1. The highest BCUT2D eigenvalue weighted by atomic mass is 32.1. The van der Waals surface area contributed by atoms with Gasteiger partial charge in [0.1, 0.15) is 5.01 Å². The second-order valence-electron chi connectivity index (χ2n) is 4.40. The van der Waals surface area contributed by atoms with Crippen LogP contribution in [-0.2, 0) is 12.1 Å². The van der Waals surface area contributed by atoms with E-state index in [-0.39, 0.29) is 11.3 Å². The summed E-state index contributed by atoms with van der Waals surface area (Å²) in [7, 11) is 0. The van der Waals surface area contributed by atoms with Crippen molar-refractivity contribution in [1.29, 1.82) is 0 Å². The van der Waals surface area contributed by atoms with Crippen LogP contribution in [0.3, 0.4) is 0 Å². The van der Waals surface area contributed by atoms with Crippen LogP contribution in [-0.4, -0.2) is 16.1 Å². The van der Waals surface area contributed by atoms with Crippen molar-refractivity contribution in [2.45, 2.75) is 25.9 Å². The molecule has 6 heteroatoms. The number of nitrogens with zero attached hydrogens (tertiary/aromatic N) is 1. The maximum Gasteiger partial charge on any atom is 0.372 e. The minimum absolute atomic E-state index is 0.0163. The SMILES string of the molecule is CC(C)(NCc1ccoc1C(=O)O)c1nccs1. The molecule has 0 saturated heterocycles. The van der Waals surface area contributed by atoms with Crippen LogP contribution in [0.2, 0.25) is 0 Å². The molecule has 2 aromatic rings. The molecule has 96 valence electrons. The van der Waals surface area contributed by atoms with Crippen LogP contribution < -0.4 is 5.32 Å². The van der Waals surface area contributed by atoms with Gasteiger partial charge in [-0.15, -0.1) is 11.3 Å². The van der Waals surface area contributed by atoms with Gasteiger partial charge in [-0.05, 0) is 19.9 Å². The zero-order chi connectivity index (χ0) is 13.2. The predicted molar refractivity (Wildman–Crippen MR) is 67.6 cm³/mol. The van der Waals surface area contributed by atoms with E-state index >= 15 is 0 Å². The Labute approximate surface area is 108 Å². The van der Waals surface area contributed by atoms with Gasteiger partial charge in [-0.25, -0.2) is 9.78 Å². The van der Waals surface area contributed by atoms with Gasteiger partial charge in [-0.1, -0.05) is 0 Å². The summed E-state index contributed by atoms with van der Waals surface area (Å²) in [6.45, 7) is 4.43. The quantitative estimate of drug-likeness (QED) is 0.869. The molecule has 0 radical (unpaired) electrons. The van der Waals surface area contributed by atoms with Crippen LogP contribution in [0.1, 0.15) is 35.0 Å². The summed E-state index contributed by atoms with van der Waals surface area (Å²) in [4.78, 5) is 15.2. The molecule has 0 bridgehead atoms. The summed E-state index contributed by atoms with van der Waals surface area (Å²) in [5.41, 5.74) is 0.327. The van der Waals surface area contributed by atoms with E-state index in [1.165, 1.54) is 6.26 Å². The highest BCUT2D eigenvalue weighted by molar-refractivity contribution is 7.09. The van der Waals surface area contributed by atoms with Crippen molar-refractivity contribution < 1.29 is 14.3 Å². The fraction of sp³-hybridized carbons (Fsp3) is 0.333. The first kappa shape index (κ1) is 12.8. The maximum atomic E-state index is 10.9. The lowest BCUT2D eigenvalue weighted by molar-refractivity contribution is 0.0660. The third-order valence-electron chi connectivity index (χ3n) is 2.63. The molecule has 2 rings (SSSR count). The Bertz CT molecular complexity index is 531. The smallest absolute Gasteiger partial charge is 0.372 e. The van der Waals surface area contributed by atoms with Crippen LogP contribution >= 0.6 is 11.3 Å². The number of aromatic nitrogens is 1. The minimum Gasteiger partial charge on any atom is -0.475 e. The van der Waals surface area contributed by atoms with Crippen molar-refractivity contribution in [3.8, 4) is 0 Å². The van der Waals surface area contributed by atoms with E-state index < -0.39 is 5.97 Å². The van der Waals surface area contributed by atoms with Gasteiger partial charge < -0.3 is 14.8 Å².